The van der Waals surface area contributed by atoms with Crippen molar-refractivity contribution >= 4 is 23.7 Å². The highest BCUT2D eigenvalue weighted by Crippen LogP contribution is 2.10. The summed E-state index contributed by atoms with van der Waals surface area (Å²) in [5, 5.41) is 15.8. The van der Waals surface area contributed by atoms with Crippen LogP contribution in [0, 0.1) is 0 Å². The fourth-order valence-electron chi connectivity index (χ4n) is 1.19. The molecule has 1 heterocycles. The standard InChI is InChI=1S/C11H17N3O4S/c1-11(2,3)18-9(15)7-19-5-4-14-6-8(10(16)17)12-13-14/h6H,4-5,7H2,1-3H3,(H,16,17). The van der Waals surface area contributed by atoms with Crippen LogP contribution in [0.25, 0.3) is 0 Å². The Kier molecular flexibility index (Phi) is 5.34. The minimum Gasteiger partial charge on any atom is -0.476 e. The summed E-state index contributed by atoms with van der Waals surface area (Å²) in [7, 11) is 0. The molecule has 0 atom stereocenters. The second kappa shape index (κ2) is 6.55. The van der Waals surface area contributed by atoms with Gasteiger partial charge in [-0.05, 0) is 20.8 Å². The van der Waals surface area contributed by atoms with Crippen LogP contribution in [0.3, 0.4) is 0 Å². The topological polar surface area (TPSA) is 94.3 Å². The summed E-state index contributed by atoms with van der Waals surface area (Å²) in [5.41, 5.74) is -0.558. The van der Waals surface area contributed by atoms with Crippen molar-refractivity contribution in [2.75, 3.05) is 11.5 Å². The number of carboxylic acid groups (broad SMARTS) is 1. The Balaban J connectivity index is 2.23. The Hall–Kier alpha value is -1.57. The molecular formula is C11H17N3O4S. The van der Waals surface area contributed by atoms with Crippen molar-refractivity contribution in [3.05, 3.63) is 11.9 Å². The number of aromatic carboxylic acids is 1. The lowest BCUT2D eigenvalue weighted by Crippen LogP contribution is -2.25. The molecule has 0 saturated carbocycles. The third-order valence-electron chi connectivity index (χ3n) is 1.86. The average molecular weight is 287 g/mol. The lowest BCUT2D eigenvalue weighted by Gasteiger charge is -2.19. The first-order valence-electron chi connectivity index (χ1n) is 5.71. The van der Waals surface area contributed by atoms with E-state index in [0.29, 0.717) is 12.3 Å². The number of rotatable bonds is 6. The Morgan fingerprint density at radius 1 is 1.47 bits per heavy atom. The van der Waals surface area contributed by atoms with Gasteiger partial charge < -0.3 is 9.84 Å². The van der Waals surface area contributed by atoms with Gasteiger partial charge in [-0.3, -0.25) is 9.48 Å². The lowest BCUT2D eigenvalue weighted by molar-refractivity contribution is -0.151. The third kappa shape index (κ3) is 6.23. The van der Waals surface area contributed by atoms with Crippen LogP contribution in [-0.2, 0) is 16.1 Å². The Bertz CT molecular complexity index is 453. The van der Waals surface area contributed by atoms with Crippen LogP contribution >= 0.6 is 11.8 Å². The maximum absolute atomic E-state index is 11.4. The van der Waals surface area contributed by atoms with Crippen LogP contribution in [0.5, 0.6) is 0 Å². The first-order chi connectivity index (χ1) is 8.78. The SMILES string of the molecule is CC(C)(C)OC(=O)CSCCn1cc(C(=O)O)nn1. The van der Waals surface area contributed by atoms with E-state index in [4.69, 9.17) is 9.84 Å². The summed E-state index contributed by atoms with van der Waals surface area (Å²) in [4.78, 5) is 22.0. The van der Waals surface area contributed by atoms with Gasteiger partial charge in [0.05, 0.1) is 18.5 Å². The first-order valence-corrected chi connectivity index (χ1v) is 6.86. The number of esters is 1. The average Bonchev–Trinajstić information content (AvgIpc) is 2.70. The fourth-order valence-corrected chi connectivity index (χ4v) is 1.88. The van der Waals surface area contributed by atoms with Crippen LogP contribution in [0.1, 0.15) is 31.3 Å². The van der Waals surface area contributed by atoms with Gasteiger partial charge in [-0.15, -0.1) is 16.9 Å². The second-order valence-corrected chi connectivity index (χ2v) is 5.92. The van der Waals surface area contributed by atoms with E-state index in [9.17, 15) is 9.59 Å². The van der Waals surface area contributed by atoms with Crippen molar-refractivity contribution in [1.82, 2.24) is 15.0 Å². The number of ether oxygens (including phenoxy) is 1. The highest BCUT2D eigenvalue weighted by atomic mass is 32.2. The monoisotopic (exact) mass is 287 g/mol. The number of carboxylic acids is 1. The number of aryl methyl sites for hydroxylation is 1. The smallest absolute Gasteiger partial charge is 0.358 e. The minimum absolute atomic E-state index is 0.0860. The van der Waals surface area contributed by atoms with Crippen LogP contribution in [0.4, 0.5) is 0 Å². The molecule has 1 rings (SSSR count). The molecule has 19 heavy (non-hydrogen) atoms. The minimum atomic E-state index is -1.10. The van der Waals surface area contributed by atoms with E-state index in [-0.39, 0.29) is 17.4 Å². The van der Waals surface area contributed by atoms with E-state index in [1.165, 1.54) is 22.6 Å². The Morgan fingerprint density at radius 3 is 2.68 bits per heavy atom. The molecule has 0 fully saturated rings. The molecule has 0 aliphatic carbocycles. The third-order valence-corrected chi connectivity index (χ3v) is 2.77. The molecule has 0 aromatic carbocycles. The summed E-state index contributed by atoms with van der Waals surface area (Å²) in [6, 6.07) is 0. The molecule has 0 unspecified atom stereocenters. The maximum Gasteiger partial charge on any atom is 0.358 e. The summed E-state index contributed by atoms with van der Waals surface area (Å²) in [6.07, 6.45) is 1.36. The van der Waals surface area contributed by atoms with Gasteiger partial charge in [0.2, 0.25) is 0 Å². The largest absolute Gasteiger partial charge is 0.476 e. The van der Waals surface area contributed by atoms with Gasteiger partial charge in [-0.25, -0.2) is 4.79 Å². The summed E-state index contributed by atoms with van der Waals surface area (Å²) in [6.45, 7) is 5.95. The Morgan fingerprint density at radius 2 is 2.16 bits per heavy atom. The highest BCUT2D eigenvalue weighted by molar-refractivity contribution is 7.99. The van der Waals surface area contributed by atoms with E-state index in [2.05, 4.69) is 10.3 Å². The number of hydrogen-bond donors (Lipinski definition) is 1. The van der Waals surface area contributed by atoms with Gasteiger partial charge in [0.1, 0.15) is 5.60 Å². The Labute approximate surface area is 115 Å². The molecule has 0 bridgehead atoms. The summed E-state index contributed by atoms with van der Waals surface area (Å²) in [5.74, 6) is -0.477. The van der Waals surface area contributed by atoms with Crippen molar-refractivity contribution in [2.45, 2.75) is 32.9 Å². The van der Waals surface area contributed by atoms with E-state index < -0.39 is 11.6 Å². The highest BCUT2D eigenvalue weighted by Gasteiger charge is 2.15. The number of nitrogens with zero attached hydrogens (tertiary/aromatic N) is 3. The molecule has 8 heteroatoms. The van der Waals surface area contributed by atoms with Gasteiger partial charge in [0.25, 0.3) is 0 Å². The number of aromatic nitrogens is 3. The summed E-state index contributed by atoms with van der Waals surface area (Å²) >= 11 is 1.40. The van der Waals surface area contributed by atoms with Crippen LogP contribution in [0.2, 0.25) is 0 Å². The maximum atomic E-state index is 11.4. The zero-order valence-corrected chi connectivity index (χ0v) is 11.9. The normalized spacial score (nSPS) is 11.3. The summed E-state index contributed by atoms with van der Waals surface area (Å²) < 4.78 is 6.59. The van der Waals surface area contributed by atoms with Crippen molar-refractivity contribution in [1.29, 1.82) is 0 Å². The van der Waals surface area contributed by atoms with Crippen LogP contribution in [0.15, 0.2) is 6.20 Å². The molecule has 0 radical (unpaired) electrons. The molecule has 106 valence electrons. The predicted octanol–water partition coefficient (Wildman–Crippen LogP) is 1.05. The van der Waals surface area contributed by atoms with Crippen molar-refractivity contribution < 1.29 is 19.4 Å². The number of carbonyl (C=O) groups excluding carboxylic acids is 1. The van der Waals surface area contributed by atoms with E-state index >= 15 is 0 Å². The number of hydrogen-bond acceptors (Lipinski definition) is 6. The molecular weight excluding hydrogens is 270 g/mol. The van der Waals surface area contributed by atoms with Crippen molar-refractivity contribution in [2.24, 2.45) is 0 Å². The molecule has 0 spiro atoms. The molecule has 0 amide bonds. The molecule has 1 aromatic heterocycles. The molecule has 0 aliphatic heterocycles. The van der Waals surface area contributed by atoms with Gasteiger partial charge in [-0.1, -0.05) is 5.21 Å². The van der Waals surface area contributed by atoms with Gasteiger partial charge in [0.15, 0.2) is 5.69 Å². The first kappa shape index (κ1) is 15.5. The van der Waals surface area contributed by atoms with Crippen LogP contribution in [-0.4, -0.2) is 49.1 Å². The molecule has 1 N–H and O–H groups in total. The fraction of sp³-hybridized carbons (Fsp3) is 0.636. The second-order valence-electron chi connectivity index (χ2n) is 4.81. The number of carbonyl (C=O) groups is 2. The van der Waals surface area contributed by atoms with Crippen molar-refractivity contribution in [3.63, 3.8) is 0 Å². The van der Waals surface area contributed by atoms with Crippen LogP contribution < -0.4 is 0 Å². The van der Waals surface area contributed by atoms with Gasteiger partial charge in [-0.2, -0.15) is 0 Å². The molecule has 1 aromatic rings. The van der Waals surface area contributed by atoms with Gasteiger partial charge in [0, 0.05) is 5.75 Å². The lowest BCUT2D eigenvalue weighted by atomic mass is 10.2. The molecule has 0 saturated heterocycles. The zero-order valence-electron chi connectivity index (χ0n) is 11.1. The van der Waals surface area contributed by atoms with E-state index in [0.717, 1.165) is 0 Å². The predicted molar refractivity (Wildman–Crippen MR) is 70.2 cm³/mol. The number of thioether (sulfide) groups is 1. The quantitative estimate of drug-likeness (QED) is 0.617. The molecule has 0 aliphatic rings. The van der Waals surface area contributed by atoms with E-state index in [1.54, 1.807) is 0 Å². The van der Waals surface area contributed by atoms with Crippen molar-refractivity contribution in [3.8, 4) is 0 Å². The zero-order chi connectivity index (χ0) is 14.5. The van der Waals surface area contributed by atoms with Gasteiger partial charge >= 0.3 is 11.9 Å². The molecule has 7 nitrogen and oxygen atoms in total. The van der Waals surface area contributed by atoms with E-state index in [1.807, 2.05) is 20.8 Å².